The second kappa shape index (κ2) is 11.0. The van der Waals surface area contributed by atoms with Crippen LogP contribution >= 0.6 is 0 Å². The largest absolute Gasteiger partial charge is 0.336 e. The van der Waals surface area contributed by atoms with E-state index in [-0.39, 0.29) is 35.1 Å². The molecule has 1 amide bonds. The Hall–Kier alpha value is -3.93. The molecule has 202 valence electrons. The average Bonchev–Trinajstić information content (AvgIpc) is 2.95. The number of nitrogens with two attached hydrogens (primary N) is 1. The quantitative estimate of drug-likeness (QED) is 0.362. The van der Waals surface area contributed by atoms with E-state index in [0.717, 1.165) is 6.07 Å². The zero-order chi connectivity index (χ0) is 27.6. The molecular weight excluding hydrogens is 524 g/mol. The summed E-state index contributed by atoms with van der Waals surface area (Å²) in [4.78, 5) is 21.1. The summed E-state index contributed by atoms with van der Waals surface area (Å²) in [5.41, 5.74) is 7.69. The topological polar surface area (TPSA) is 109 Å². The Labute approximate surface area is 225 Å². The van der Waals surface area contributed by atoms with E-state index in [0.29, 0.717) is 48.2 Å². The minimum Gasteiger partial charge on any atom is -0.336 e. The van der Waals surface area contributed by atoms with Crippen molar-refractivity contribution in [3.8, 4) is 0 Å². The number of nitrogens with zero attached hydrogens (tertiary/aromatic N) is 3. The zero-order valence-electron chi connectivity index (χ0n) is 21.0. The van der Waals surface area contributed by atoms with Crippen LogP contribution in [0.15, 0.2) is 77.8 Å². The Morgan fingerprint density at radius 3 is 2.46 bits per heavy atom. The molecule has 0 aliphatic carbocycles. The molecule has 1 aromatic heterocycles. The first-order valence-electron chi connectivity index (χ1n) is 12.4. The Balaban J connectivity index is 1.28. The van der Waals surface area contributed by atoms with Gasteiger partial charge < -0.3 is 10.6 Å². The van der Waals surface area contributed by atoms with Crippen LogP contribution < -0.4 is 10.5 Å². The highest BCUT2D eigenvalue weighted by Gasteiger charge is 2.25. The van der Waals surface area contributed by atoms with Crippen LogP contribution in [0.4, 0.5) is 14.5 Å². The predicted octanol–water partition coefficient (Wildman–Crippen LogP) is 3.73. The number of rotatable bonds is 7. The number of benzene rings is 3. The summed E-state index contributed by atoms with van der Waals surface area (Å²) in [6, 6.07) is 17.3. The van der Waals surface area contributed by atoms with Gasteiger partial charge in [0.25, 0.3) is 15.9 Å². The molecule has 8 nitrogen and oxygen atoms in total. The minimum atomic E-state index is -3.98. The van der Waals surface area contributed by atoms with E-state index < -0.39 is 21.7 Å². The number of anilines is 1. The van der Waals surface area contributed by atoms with Crippen LogP contribution in [0.2, 0.25) is 0 Å². The summed E-state index contributed by atoms with van der Waals surface area (Å²) < 4.78 is 56.6. The standard InChI is InChI=1S/C28H27F2N5O3S/c29-23-7-1-5-21(26(23)30)18-34-12-14-35(15-13-34)28(36)20-9-10-24(22(16-20)17-31)33-39(37,38)25-8-2-4-19-6-3-11-32-27(19)25/h1-11,16,33H,12-15,17-18,31H2. The highest BCUT2D eigenvalue weighted by Crippen LogP contribution is 2.26. The van der Waals surface area contributed by atoms with Gasteiger partial charge in [-0.2, -0.15) is 0 Å². The normalized spacial score (nSPS) is 14.5. The molecule has 2 heterocycles. The van der Waals surface area contributed by atoms with Crippen LogP contribution in [-0.4, -0.2) is 55.3 Å². The monoisotopic (exact) mass is 551 g/mol. The van der Waals surface area contributed by atoms with Gasteiger partial charge in [-0.3, -0.25) is 19.4 Å². The maximum Gasteiger partial charge on any atom is 0.264 e. The van der Waals surface area contributed by atoms with Crippen molar-refractivity contribution < 1.29 is 22.0 Å². The van der Waals surface area contributed by atoms with Gasteiger partial charge in [-0.25, -0.2) is 17.2 Å². The molecule has 5 rings (SSSR count). The number of carbonyl (C=O) groups is 1. The maximum atomic E-state index is 14.0. The van der Waals surface area contributed by atoms with E-state index >= 15 is 0 Å². The van der Waals surface area contributed by atoms with Gasteiger partial charge in [-0.05, 0) is 42.0 Å². The van der Waals surface area contributed by atoms with Crippen molar-refractivity contribution >= 4 is 32.5 Å². The molecule has 0 saturated carbocycles. The number of hydrogen-bond acceptors (Lipinski definition) is 6. The highest BCUT2D eigenvalue weighted by molar-refractivity contribution is 7.93. The first kappa shape index (κ1) is 26.7. The van der Waals surface area contributed by atoms with Crippen molar-refractivity contribution in [1.29, 1.82) is 0 Å². The lowest BCUT2D eigenvalue weighted by Gasteiger charge is -2.35. The van der Waals surface area contributed by atoms with Crippen LogP contribution in [0.3, 0.4) is 0 Å². The van der Waals surface area contributed by atoms with Crippen molar-refractivity contribution in [2.75, 3.05) is 30.9 Å². The molecule has 11 heteroatoms. The average molecular weight is 552 g/mol. The van der Waals surface area contributed by atoms with E-state index in [4.69, 9.17) is 5.73 Å². The number of piperazine rings is 1. The van der Waals surface area contributed by atoms with Gasteiger partial charge in [-0.15, -0.1) is 0 Å². The Morgan fingerprint density at radius 2 is 1.69 bits per heavy atom. The number of nitrogens with one attached hydrogen (secondary N) is 1. The maximum absolute atomic E-state index is 14.0. The summed E-state index contributed by atoms with van der Waals surface area (Å²) in [5, 5.41) is 0.696. The summed E-state index contributed by atoms with van der Waals surface area (Å²) in [7, 11) is -3.98. The van der Waals surface area contributed by atoms with Crippen LogP contribution in [-0.2, 0) is 23.1 Å². The van der Waals surface area contributed by atoms with Crippen LogP contribution in [0, 0.1) is 11.6 Å². The fourth-order valence-corrected chi connectivity index (χ4v) is 5.97. The van der Waals surface area contributed by atoms with Gasteiger partial charge in [-0.1, -0.05) is 30.3 Å². The number of para-hydroxylation sites is 1. The molecule has 0 atom stereocenters. The second-order valence-electron chi connectivity index (χ2n) is 9.29. The van der Waals surface area contributed by atoms with Gasteiger partial charge in [0.15, 0.2) is 11.6 Å². The molecule has 4 aromatic rings. The first-order chi connectivity index (χ1) is 18.8. The minimum absolute atomic E-state index is 0.0136. The highest BCUT2D eigenvalue weighted by atomic mass is 32.2. The molecule has 39 heavy (non-hydrogen) atoms. The molecule has 0 radical (unpaired) electrons. The van der Waals surface area contributed by atoms with Crippen molar-refractivity contribution in [2.24, 2.45) is 5.73 Å². The Bertz CT molecular complexity index is 1630. The molecule has 1 aliphatic rings. The smallest absolute Gasteiger partial charge is 0.264 e. The Morgan fingerprint density at radius 1 is 0.949 bits per heavy atom. The van der Waals surface area contributed by atoms with Crippen molar-refractivity contribution in [3.63, 3.8) is 0 Å². The Kier molecular flexibility index (Phi) is 7.56. The molecule has 1 saturated heterocycles. The van der Waals surface area contributed by atoms with E-state index in [1.165, 1.54) is 24.4 Å². The van der Waals surface area contributed by atoms with Gasteiger partial charge in [0, 0.05) is 62.0 Å². The lowest BCUT2D eigenvalue weighted by molar-refractivity contribution is 0.0626. The van der Waals surface area contributed by atoms with E-state index in [1.807, 2.05) is 4.90 Å². The number of amides is 1. The van der Waals surface area contributed by atoms with Crippen LogP contribution in [0.5, 0.6) is 0 Å². The summed E-state index contributed by atoms with van der Waals surface area (Å²) in [6.45, 7) is 2.10. The van der Waals surface area contributed by atoms with E-state index in [9.17, 15) is 22.0 Å². The number of aromatic nitrogens is 1. The van der Waals surface area contributed by atoms with Crippen LogP contribution in [0.25, 0.3) is 10.9 Å². The van der Waals surface area contributed by atoms with Crippen molar-refractivity contribution in [1.82, 2.24) is 14.8 Å². The lowest BCUT2D eigenvalue weighted by Crippen LogP contribution is -2.48. The van der Waals surface area contributed by atoms with Gasteiger partial charge >= 0.3 is 0 Å². The number of halogens is 2. The number of fused-ring (bicyclic) bond motifs is 1. The van der Waals surface area contributed by atoms with Gasteiger partial charge in [0.1, 0.15) is 4.90 Å². The molecule has 0 unspecified atom stereocenters. The van der Waals surface area contributed by atoms with E-state index in [2.05, 4.69) is 9.71 Å². The third-order valence-corrected chi connectivity index (χ3v) is 8.18. The number of hydrogen-bond donors (Lipinski definition) is 2. The van der Waals surface area contributed by atoms with E-state index in [1.54, 1.807) is 47.4 Å². The first-order valence-corrected chi connectivity index (χ1v) is 13.9. The fraction of sp³-hybridized carbons (Fsp3) is 0.214. The molecular formula is C28H27F2N5O3S. The SMILES string of the molecule is NCc1cc(C(=O)N2CCN(Cc3cccc(F)c3F)CC2)ccc1NS(=O)(=O)c1cccc2cccnc12. The summed E-state index contributed by atoms with van der Waals surface area (Å²) in [5.74, 6) is -1.94. The zero-order valence-corrected chi connectivity index (χ0v) is 21.8. The third kappa shape index (κ3) is 5.60. The van der Waals surface area contributed by atoms with Crippen molar-refractivity contribution in [2.45, 2.75) is 18.0 Å². The van der Waals surface area contributed by atoms with Crippen LogP contribution in [0.1, 0.15) is 21.5 Å². The van der Waals surface area contributed by atoms with Gasteiger partial charge in [0.2, 0.25) is 0 Å². The lowest BCUT2D eigenvalue weighted by atomic mass is 10.1. The third-order valence-electron chi connectivity index (χ3n) is 6.79. The van der Waals surface area contributed by atoms with Crippen molar-refractivity contribution in [3.05, 3.63) is 101 Å². The molecule has 0 spiro atoms. The molecule has 1 fully saturated rings. The number of sulfonamides is 1. The number of pyridine rings is 1. The second-order valence-corrected chi connectivity index (χ2v) is 10.9. The number of carbonyl (C=O) groups excluding carboxylic acids is 1. The molecule has 3 N–H and O–H groups in total. The summed E-state index contributed by atoms with van der Waals surface area (Å²) >= 11 is 0. The fourth-order valence-electron chi connectivity index (χ4n) is 4.69. The molecule has 3 aromatic carbocycles. The predicted molar refractivity (Wildman–Crippen MR) is 144 cm³/mol. The van der Waals surface area contributed by atoms with Gasteiger partial charge in [0.05, 0.1) is 11.2 Å². The summed E-state index contributed by atoms with van der Waals surface area (Å²) in [6.07, 6.45) is 1.53. The molecule has 1 aliphatic heterocycles. The molecule has 0 bridgehead atoms.